The first-order chi connectivity index (χ1) is 12.1. The van der Waals surface area contributed by atoms with Crippen LogP contribution in [-0.4, -0.2) is 25.8 Å². The molecule has 0 radical (unpaired) electrons. The van der Waals surface area contributed by atoms with Crippen LogP contribution in [0.3, 0.4) is 0 Å². The fraction of sp³-hybridized carbons (Fsp3) is 0.300. The first-order valence-electron chi connectivity index (χ1n) is 8.29. The highest BCUT2D eigenvalue weighted by molar-refractivity contribution is 5.95. The molecule has 0 heterocycles. The van der Waals surface area contributed by atoms with Gasteiger partial charge in [0.25, 0.3) is 5.91 Å². The van der Waals surface area contributed by atoms with E-state index in [0.29, 0.717) is 23.8 Å². The van der Waals surface area contributed by atoms with E-state index in [-0.39, 0.29) is 5.91 Å². The number of benzene rings is 2. The number of hydrogen-bond donors (Lipinski definition) is 1. The SMILES string of the molecule is COc1ccc(C(=O)N/N=C\c2ccc(OCCC(C)C)cc2)cc1. The van der Waals surface area contributed by atoms with Gasteiger partial charge in [0.1, 0.15) is 11.5 Å². The van der Waals surface area contributed by atoms with Gasteiger partial charge in [-0.2, -0.15) is 5.10 Å². The van der Waals surface area contributed by atoms with Crippen molar-refractivity contribution in [3.63, 3.8) is 0 Å². The first kappa shape index (κ1) is 18.5. The van der Waals surface area contributed by atoms with E-state index >= 15 is 0 Å². The molecule has 0 unspecified atom stereocenters. The van der Waals surface area contributed by atoms with E-state index in [2.05, 4.69) is 24.4 Å². The Morgan fingerprint density at radius 1 is 1.08 bits per heavy atom. The topological polar surface area (TPSA) is 59.9 Å². The minimum Gasteiger partial charge on any atom is -0.497 e. The summed E-state index contributed by atoms with van der Waals surface area (Å²) in [5.41, 5.74) is 3.91. The molecule has 0 aromatic heterocycles. The molecule has 1 N–H and O–H groups in total. The summed E-state index contributed by atoms with van der Waals surface area (Å²) < 4.78 is 10.7. The summed E-state index contributed by atoms with van der Waals surface area (Å²) >= 11 is 0. The predicted molar refractivity (Wildman–Crippen MR) is 99.4 cm³/mol. The van der Waals surface area contributed by atoms with Crippen LogP contribution in [0.2, 0.25) is 0 Å². The van der Waals surface area contributed by atoms with Crippen molar-refractivity contribution in [2.75, 3.05) is 13.7 Å². The maximum atomic E-state index is 12.0. The average Bonchev–Trinajstić information content (AvgIpc) is 2.62. The minimum atomic E-state index is -0.271. The molecule has 0 saturated heterocycles. The molecule has 0 aliphatic rings. The molecule has 5 nitrogen and oxygen atoms in total. The van der Waals surface area contributed by atoms with Gasteiger partial charge in [-0.25, -0.2) is 5.43 Å². The summed E-state index contributed by atoms with van der Waals surface area (Å²) in [4.78, 5) is 12.0. The average molecular weight is 340 g/mol. The van der Waals surface area contributed by atoms with E-state index in [1.807, 2.05) is 24.3 Å². The van der Waals surface area contributed by atoms with Crippen LogP contribution < -0.4 is 14.9 Å². The molecule has 2 aromatic carbocycles. The molecule has 0 fully saturated rings. The number of nitrogens with one attached hydrogen (secondary N) is 1. The van der Waals surface area contributed by atoms with E-state index in [1.54, 1.807) is 37.6 Å². The summed E-state index contributed by atoms with van der Waals surface area (Å²) in [6, 6.07) is 14.4. The highest BCUT2D eigenvalue weighted by Crippen LogP contribution is 2.13. The number of rotatable bonds is 8. The number of carbonyl (C=O) groups is 1. The Labute approximate surface area is 148 Å². The zero-order valence-electron chi connectivity index (χ0n) is 14.9. The number of hydrogen-bond acceptors (Lipinski definition) is 4. The van der Waals surface area contributed by atoms with Crippen molar-refractivity contribution in [2.24, 2.45) is 11.0 Å². The van der Waals surface area contributed by atoms with Crippen LogP contribution in [0.1, 0.15) is 36.2 Å². The van der Waals surface area contributed by atoms with E-state index in [4.69, 9.17) is 9.47 Å². The lowest BCUT2D eigenvalue weighted by Gasteiger charge is -2.07. The number of ether oxygens (including phenoxy) is 2. The molecule has 0 atom stereocenters. The van der Waals surface area contributed by atoms with Crippen molar-refractivity contribution >= 4 is 12.1 Å². The third kappa shape index (κ3) is 6.30. The van der Waals surface area contributed by atoms with Crippen LogP contribution in [-0.2, 0) is 0 Å². The van der Waals surface area contributed by atoms with Crippen molar-refractivity contribution in [3.05, 3.63) is 59.7 Å². The van der Waals surface area contributed by atoms with Gasteiger partial charge < -0.3 is 9.47 Å². The summed E-state index contributed by atoms with van der Waals surface area (Å²) in [6.45, 7) is 5.05. The molecule has 5 heteroatoms. The normalized spacial score (nSPS) is 10.9. The van der Waals surface area contributed by atoms with E-state index < -0.39 is 0 Å². The van der Waals surface area contributed by atoms with Gasteiger partial charge >= 0.3 is 0 Å². The van der Waals surface area contributed by atoms with Crippen molar-refractivity contribution in [1.29, 1.82) is 0 Å². The van der Waals surface area contributed by atoms with Gasteiger partial charge in [0, 0.05) is 5.56 Å². The predicted octanol–water partition coefficient (Wildman–Crippen LogP) is 3.88. The van der Waals surface area contributed by atoms with Gasteiger partial charge in [-0.15, -0.1) is 0 Å². The Balaban J connectivity index is 1.83. The molecule has 0 bridgehead atoms. The third-order valence-electron chi connectivity index (χ3n) is 3.58. The second-order valence-corrected chi connectivity index (χ2v) is 6.03. The van der Waals surface area contributed by atoms with Gasteiger partial charge in [0.15, 0.2) is 0 Å². The molecule has 0 aliphatic carbocycles. The standard InChI is InChI=1S/C20H24N2O3/c1-15(2)12-13-25-19-8-4-16(5-9-19)14-21-22-20(23)17-6-10-18(24-3)11-7-17/h4-11,14-15H,12-13H2,1-3H3,(H,22,23)/b21-14-. The Hall–Kier alpha value is -2.82. The van der Waals surface area contributed by atoms with Crippen LogP contribution >= 0.6 is 0 Å². The number of amides is 1. The van der Waals surface area contributed by atoms with E-state index in [9.17, 15) is 4.79 Å². The molecular formula is C20H24N2O3. The zero-order valence-corrected chi connectivity index (χ0v) is 14.9. The van der Waals surface area contributed by atoms with Crippen LogP contribution in [0.5, 0.6) is 11.5 Å². The largest absolute Gasteiger partial charge is 0.497 e. The van der Waals surface area contributed by atoms with Crippen LogP contribution in [0.4, 0.5) is 0 Å². The molecule has 2 rings (SSSR count). The molecular weight excluding hydrogens is 316 g/mol. The lowest BCUT2D eigenvalue weighted by molar-refractivity contribution is 0.0955. The quantitative estimate of drug-likeness (QED) is 0.586. The number of carbonyl (C=O) groups excluding carboxylic acids is 1. The lowest BCUT2D eigenvalue weighted by atomic mass is 10.1. The maximum Gasteiger partial charge on any atom is 0.271 e. The van der Waals surface area contributed by atoms with Crippen LogP contribution in [0, 0.1) is 5.92 Å². The van der Waals surface area contributed by atoms with Crippen molar-refractivity contribution in [3.8, 4) is 11.5 Å². The van der Waals surface area contributed by atoms with Gasteiger partial charge in [-0.3, -0.25) is 4.79 Å². The second-order valence-electron chi connectivity index (χ2n) is 6.03. The summed E-state index contributed by atoms with van der Waals surface area (Å²) in [5, 5.41) is 3.98. The molecule has 2 aromatic rings. The highest BCUT2D eigenvalue weighted by Gasteiger charge is 2.03. The van der Waals surface area contributed by atoms with Gasteiger partial charge in [0.2, 0.25) is 0 Å². The van der Waals surface area contributed by atoms with Crippen molar-refractivity contribution in [1.82, 2.24) is 5.43 Å². The number of hydrazone groups is 1. The molecule has 25 heavy (non-hydrogen) atoms. The molecule has 132 valence electrons. The molecule has 0 aliphatic heterocycles. The third-order valence-corrected chi connectivity index (χ3v) is 3.58. The lowest BCUT2D eigenvalue weighted by Crippen LogP contribution is -2.17. The molecule has 0 saturated carbocycles. The highest BCUT2D eigenvalue weighted by atomic mass is 16.5. The Morgan fingerprint density at radius 2 is 1.72 bits per heavy atom. The maximum absolute atomic E-state index is 12.0. The number of methoxy groups -OCH3 is 1. The van der Waals surface area contributed by atoms with E-state index in [0.717, 1.165) is 17.7 Å². The molecule has 0 spiro atoms. The Kier molecular flexibility index (Phi) is 7.01. The van der Waals surface area contributed by atoms with Crippen LogP contribution in [0.25, 0.3) is 0 Å². The minimum absolute atomic E-state index is 0.271. The number of nitrogens with zero attached hydrogens (tertiary/aromatic N) is 1. The van der Waals surface area contributed by atoms with Gasteiger partial charge in [-0.1, -0.05) is 13.8 Å². The van der Waals surface area contributed by atoms with Gasteiger partial charge in [-0.05, 0) is 66.4 Å². The monoisotopic (exact) mass is 340 g/mol. The fourth-order valence-electron chi connectivity index (χ4n) is 2.03. The fourth-order valence-corrected chi connectivity index (χ4v) is 2.03. The van der Waals surface area contributed by atoms with E-state index in [1.165, 1.54) is 0 Å². The van der Waals surface area contributed by atoms with Crippen LogP contribution in [0.15, 0.2) is 53.6 Å². The van der Waals surface area contributed by atoms with Gasteiger partial charge in [0.05, 0.1) is 19.9 Å². The first-order valence-corrected chi connectivity index (χ1v) is 8.29. The Morgan fingerprint density at radius 3 is 2.32 bits per heavy atom. The second kappa shape index (κ2) is 9.47. The van der Waals surface area contributed by atoms with Crippen molar-refractivity contribution < 1.29 is 14.3 Å². The Bertz CT molecular complexity index is 692. The van der Waals surface area contributed by atoms with Crippen molar-refractivity contribution in [2.45, 2.75) is 20.3 Å². The smallest absolute Gasteiger partial charge is 0.271 e. The summed E-state index contributed by atoms with van der Waals surface area (Å²) in [7, 11) is 1.58. The summed E-state index contributed by atoms with van der Waals surface area (Å²) in [5.74, 6) is 1.89. The molecule has 1 amide bonds. The summed E-state index contributed by atoms with van der Waals surface area (Å²) in [6.07, 6.45) is 2.62. The zero-order chi connectivity index (χ0) is 18.1.